The Morgan fingerprint density at radius 1 is 1.07 bits per heavy atom. The molecule has 29 heavy (non-hydrogen) atoms. The number of fused-ring (bicyclic) bond motifs is 1. The Labute approximate surface area is 171 Å². The van der Waals surface area contributed by atoms with Crippen molar-refractivity contribution in [2.45, 2.75) is 22.3 Å². The van der Waals surface area contributed by atoms with Crippen molar-refractivity contribution in [1.29, 1.82) is 0 Å². The first-order valence-corrected chi connectivity index (χ1v) is 11.0. The lowest BCUT2D eigenvalue weighted by Gasteiger charge is -2.26. The number of carbonyl (C=O) groups is 2. The molecule has 0 aromatic heterocycles. The lowest BCUT2D eigenvalue weighted by atomic mass is 10.0. The summed E-state index contributed by atoms with van der Waals surface area (Å²) in [4.78, 5) is 24.3. The number of halogens is 1. The molecule has 1 N–H and O–H groups in total. The molecule has 1 aliphatic rings. The van der Waals surface area contributed by atoms with Crippen LogP contribution in [-0.4, -0.2) is 40.3 Å². The summed E-state index contributed by atoms with van der Waals surface area (Å²) in [5, 5.41) is 0. The van der Waals surface area contributed by atoms with Crippen LogP contribution in [0.2, 0.25) is 0 Å². The summed E-state index contributed by atoms with van der Waals surface area (Å²) in [5.74, 6) is -1.40. The smallest absolute Gasteiger partial charge is 0.337 e. The number of rotatable bonds is 5. The van der Waals surface area contributed by atoms with E-state index in [-0.39, 0.29) is 16.0 Å². The molecule has 2 aromatic carbocycles. The van der Waals surface area contributed by atoms with Crippen LogP contribution in [0.3, 0.4) is 0 Å². The highest BCUT2D eigenvalue weighted by atomic mass is 32.2. The Hall–Kier alpha value is -2.43. The molecule has 1 atom stereocenters. The number of nitrogens with one attached hydrogen (secondary N) is 1. The first-order valence-electron chi connectivity index (χ1n) is 8.51. The third kappa shape index (κ3) is 4.60. The number of esters is 2. The van der Waals surface area contributed by atoms with Gasteiger partial charge in [0.1, 0.15) is 5.82 Å². The van der Waals surface area contributed by atoms with Gasteiger partial charge in [-0.3, -0.25) is 0 Å². The van der Waals surface area contributed by atoms with Crippen LogP contribution in [0.25, 0.3) is 0 Å². The highest BCUT2D eigenvalue weighted by Gasteiger charge is 2.28. The van der Waals surface area contributed by atoms with Crippen LogP contribution in [0.4, 0.5) is 4.39 Å². The minimum Gasteiger partial charge on any atom is -0.465 e. The predicted molar refractivity (Wildman–Crippen MR) is 104 cm³/mol. The fourth-order valence-electron chi connectivity index (χ4n) is 2.97. The monoisotopic (exact) mass is 439 g/mol. The molecule has 2 aromatic rings. The number of hydrogen-bond donors (Lipinski definition) is 1. The van der Waals surface area contributed by atoms with Gasteiger partial charge in [-0.1, -0.05) is 0 Å². The summed E-state index contributed by atoms with van der Waals surface area (Å²) in [5.41, 5.74) is 0.324. The SMILES string of the molecule is COC(=O)c1cc(C(=O)OC)cc(S(=O)(=O)NC2CCSc3ccc(F)cc32)c1. The first kappa shape index (κ1) is 21.3. The van der Waals surface area contributed by atoms with E-state index >= 15 is 0 Å². The Balaban J connectivity index is 2.01. The lowest BCUT2D eigenvalue weighted by Crippen LogP contribution is -2.31. The molecule has 10 heteroatoms. The average Bonchev–Trinajstić information content (AvgIpc) is 2.72. The molecule has 1 unspecified atom stereocenters. The third-order valence-electron chi connectivity index (χ3n) is 4.37. The second-order valence-corrected chi connectivity index (χ2v) is 9.07. The maximum Gasteiger partial charge on any atom is 0.337 e. The number of carbonyl (C=O) groups excluding carboxylic acids is 2. The molecule has 3 rings (SSSR count). The van der Waals surface area contributed by atoms with Gasteiger partial charge in [-0.05, 0) is 54.1 Å². The zero-order valence-corrected chi connectivity index (χ0v) is 17.2. The van der Waals surface area contributed by atoms with Crippen molar-refractivity contribution < 1.29 is 31.9 Å². The van der Waals surface area contributed by atoms with Crippen molar-refractivity contribution in [2.75, 3.05) is 20.0 Å². The minimum atomic E-state index is -4.14. The van der Waals surface area contributed by atoms with Crippen LogP contribution in [-0.2, 0) is 19.5 Å². The molecule has 0 spiro atoms. The fraction of sp³-hybridized carbons (Fsp3) is 0.263. The van der Waals surface area contributed by atoms with Crippen molar-refractivity contribution in [3.05, 3.63) is 58.9 Å². The van der Waals surface area contributed by atoms with Crippen molar-refractivity contribution in [1.82, 2.24) is 4.72 Å². The van der Waals surface area contributed by atoms with E-state index in [2.05, 4.69) is 14.2 Å². The summed E-state index contributed by atoms with van der Waals surface area (Å²) >= 11 is 1.52. The van der Waals surface area contributed by atoms with Crippen LogP contribution in [0.1, 0.15) is 38.7 Å². The van der Waals surface area contributed by atoms with Gasteiger partial charge in [-0.25, -0.2) is 27.1 Å². The molecule has 0 amide bonds. The fourth-order valence-corrected chi connectivity index (χ4v) is 5.39. The zero-order chi connectivity index (χ0) is 21.2. The van der Waals surface area contributed by atoms with E-state index < -0.39 is 33.8 Å². The van der Waals surface area contributed by atoms with E-state index in [1.165, 1.54) is 30.0 Å². The Morgan fingerprint density at radius 2 is 1.69 bits per heavy atom. The van der Waals surface area contributed by atoms with Crippen molar-refractivity contribution in [2.24, 2.45) is 0 Å². The summed E-state index contributed by atoms with van der Waals surface area (Å²) < 4.78 is 51.5. The van der Waals surface area contributed by atoms with Crippen LogP contribution in [0.5, 0.6) is 0 Å². The van der Waals surface area contributed by atoms with Crippen LogP contribution in [0.15, 0.2) is 46.2 Å². The maximum atomic E-state index is 13.7. The zero-order valence-electron chi connectivity index (χ0n) is 15.6. The molecule has 0 fully saturated rings. The Kier molecular flexibility index (Phi) is 6.25. The second kappa shape index (κ2) is 8.52. The minimum absolute atomic E-state index is 0.110. The number of benzene rings is 2. The number of thioether (sulfide) groups is 1. The molecular weight excluding hydrogens is 421 g/mol. The molecule has 7 nitrogen and oxygen atoms in total. The maximum absolute atomic E-state index is 13.7. The average molecular weight is 439 g/mol. The third-order valence-corrected chi connectivity index (χ3v) is 6.94. The lowest BCUT2D eigenvalue weighted by molar-refractivity contribution is 0.0598. The van der Waals surface area contributed by atoms with Gasteiger partial charge in [0.05, 0.1) is 30.2 Å². The van der Waals surface area contributed by atoms with Gasteiger partial charge in [-0.15, -0.1) is 11.8 Å². The Bertz CT molecular complexity index is 1040. The molecule has 0 saturated carbocycles. The summed E-state index contributed by atoms with van der Waals surface area (Å²) in [7, 11) is -1.85. The summed E-state index contributed by atoms with van der Waals surface area (Å²) in [6, 6.07) is 7.03. The van der Waals surface area contributed by atoms with E-state index in [9.17, 15) is 22.4 Å². The largest absolute Gasteiger partial charge is 0.465 e. The van der Waals surface area contributed by atoms with Crippen molar-refractivity contribution in [3.8, 4) is 0 Å². The van der Waals surface area contributed by atoms with Gasteiger partial charge in [-0.2, -0.15) is 0 Å². The van der Waals surface area contributed by atoms with Gasteiger partial charge in [0, 0.05) is 10.9 Å². The van der Waals surface area contributed by atoms with Gasteiger partial charge < -0.3 is 9.47 Å². The highest BCUT2D eigenvalue weighted by Crippen LogP contribution is 2.37. The molecule has 1 heterocycles. The highest BCUT2D eigenvalue weighted by molar-refractivity contribution is 7.99. The topological polar surface area (TPSA) is 98.8 Å². The molecule has 0 aliphatic carbocycles. The standard InChI is InChI=1S/C19H18FNO6S2/c1-26-18(22)11-7-12(19(23)27-2)9-14(8-11)29(24,25)21-16-5-6-28-17-4-3-13(20)10-15(16)17/h3-4,7-10,16,21H,5-6H2,1-2H3. The van der Waals surface area contributed by atoms with Crippen molar-refractivity contribution >= 4 is 33.7 Å². The molecule has 154 valence electrons. The number of methoxy groups -OCH3 is 2. The molecule has 0 radical (unpaired) electrons. The predicted octanol–water partition coefficient (Wildman–Crippen LogP) is 2.91. The number of sulfonamides is 1. The first-order chi connectivity index (χ1) is 13.7. The van der Waals surface area contributed by atoms with Crippen LogP contribution in [0, 0.1) is 5.82 Å². The number of hydrogen-bond acceptors (Lipinski definition) is 7. The summed E-state index contributed by atoms with van der Waals surface area (Å²) in [6.45, 7) is 0. The molecule has 0 bridgehead atoms. The van der Waals surface area contributed by atoms with E-state index in [4.69, 9.17) is 0 Å². The van der Waals surface area contributed by atoms with E-state index in [1.54, 1.807) is 6.07 Å². The van der Waals surface area contributed by atoms with Gasteiger partial charge >= 0.3 is 11.9 Å². The molecule has 1 aliphatic heterocycles. The van der Waals surface area contributed by atoms with Crippen molar-refractivity contribution in [3.63, 3.8) is 0 Å². The van der Waals surface area contributed by atoms with Gasteiger partial charge in [0.15, 0.2) is 0 Å². The van der Waals surface area contributed by atoms with E-state index in [0.29, 0.717) is 17.7 Å². The van der Waals surface area contributed by atoms with Crippen LogP contribution >= 0.6 is 11.8 Å². The van der Waals surface area contributed by atoms with Gasteiger partial charge in [0.25, 0.3) is 0 Å². The second-order valence-electron chi connectivity index (χ2n) is 6.22. The quantitative estimate of drug-likeness (QED) is 0.715. The number of ether oxygens (including phenoxy) is 2. The molecule has 0 saturated heterocycles. The van der Waals surface area contributed by atoms with E-state index in [0.717, 1.165) is 31.2 Å². The van der Waals surface area contributed by atoms with Crippen LogP contribution < -0.4 is 4.72 Å². The van der Waals surface area contributed by atoms with E-state index in [1.807, 2.05) is 0 Å². The Morgan fingerprint density at radius 3 is 2.28 bits per heavy atom. The normalized spacial score (nSPS) is 16.0. The summed E-state index contributed by atoms with van der Waals surface area (Å²) in [6.07, 6.45) is 0.459. The van der Waals surface area contributed by atoms with Gasteiger partial charge in [0.2, 0.25) is 10.0 Å². The molecular formula is C19H18FNO6S2.